The van der Waals surface area contributed by atoms with E-state index in [2.05, 4.69) is 15.9 Å². The van der Waals surface area contributed by atoms with Gasteiger partial charge in [-0.15, -0.1) is 0 Å². The van der Waals surface area contributed by atoms with Crippen molar-refractivity contribution < 1.29 is 14.3 Å². The number of hydrogen-bond donors (Lipinski definition) is 1. The summed E-state index contributed by atoms with van der Waals surface area (Å²) < 4.78 is 5.42. The summed E-state index contributed by atoms with van der Waals surface area (Å²) in [6.45, 7) is 1.55. The monoisotopic (exact) mass is 329 g/mol. The van der Waals surface area contributed by atoms with Crippen molar-refractivity contribution in [3.05, 3.63) is 0 Å². The summed E-state index contributed by atoms with van der Waals surface area (Å²) in [5, 5.41) is 0. The number of halogens is 1. The van der Waals surface area contributed by atoms with Gasteiger partial charge in [0.05, 0.1) is 5.41 Å². The van der Waals surface area contributed by atoms with Gasteiger partial charge in [-0.25, -0.2) is 0 Å². The normalized spacial score (nSPS) is 44.9. The Kier molecular flexibility index (Phi) is 2.97. The molecule has 5 atom stereocenters. The first kappa shape index (κ1) is 13.4. The average molecular weight is 330 g/mol. The van der Waals surface area contributed by atoms with Crippen molar-refractivity contribution in [2.75, 3.05) is 0 Å². The minimum Gasteiger partial charge on any atom is -0.452 e. The van der Waals surface area contributed by atoms with Gasteiger partial charge in [-0.05, 0) is 57.3 Å². The Labute approximate surface area is 121 Å². The Bertz CT molecular complexity index is 422. The summed E-state index contributed by atoms with van der Waals surface area (Å²) in [5.74, 6) is 0.456. The average Bonchev–Trinajstić information content (AvgIpc) is 2.24. The van der Waals surface area contributed by atoms with E-state index in [0.717, 1.165) is 19.3 Å². The maximum absolute atomic E-state index is 12.5. The first-order valence-corrected chi connectivity index (χ1v) is 7.81. The van der Waals surface area contributed by atoms with E-state index >= 15 is 0 Å². The Balaban J connectivity index is 1.80. The van der Waals surface area contributed by atoms with E-state index in [1.54, 1.807) is 6.92 Å². The molecular weight excluding hydrogens is 310 g/mol. The van der Waals surface area contributed by atoms with E-state index in [1.165, 1.54) is 19.3 Å². The van der Waals surface area contributed by atoms with Gasteiger partial charge in [0.1, 0.15) is 0 Å². The molecule has 0 aromatic rings. The molecule has 4 bridgehead atoms. The minimum atomic E-state index is -0.827. The molecule has 0 saturated heterocycles. The van der Waals surface area contributed by atoms with Gasteiger partial charge in [0.25, 0.3) is 5.91 Å². The molecule has 4 aliphatic carbocycles. The van der Waals surface area contributed by atoms with Gasteiger partial charge in [0.2, 0.25) is 0 Å². The van der Waals surface area contributed by atoms with Crippen LogP contribution in [0.2, 0.25) is 0 Å². The molecular formula is C14H20BrNO3. The van der Waals surface area contributed by atoms with Crippen LogP contribution in [0.3, 0.4) is 0 Å². The lowest BCUT2D eigenvalue weighted by Gasteiger charge is -2.58. The second kappa shape index (κ2) is 4.21. The molecule has 0 radical (unpaired) electrons. The summed E-state index contributed by atoms with van der Waals surface area (Å²) >= 11 is 3.86. The SMILES string of the molecule is C[C@H](OC(=O)C12C[C@@H]3C[C@@H](CC(Br)(C3)C1)C2)C(N)=O. The molecule has 0 aromatic carbocycles. The summed E-state index contributed by atoms with van der Waals surface area (Å²) in [4.78, 5) is 23.6. The number of primary amides is 1. The zero-order valence-corrected chi connectivity index (χ0v) is 12.7. The fourth-order valence-electron chi connectivity index (χ4n) is 4.73. The zero-order valence-electron chi connectivity index (χ0n) is 11.2. The topological polar surface area (TPSA) is 69.4 Å². The maximum atomic E-state index is 12.5. The van der Waals surface area contributed by atoms with Crippen LogP contribution in [0.15, 0.2) is 0 Å². The fourth-order valence-corrected chi connectivity index (χ4v) is 6.19. The molecule has 4 aliphatic rings. The zero-order chi connectivity index (χ0) is 13.8. The van der Waals surface area contributed by atoms with Crippen LogP contribution in [-0.4, -0.2) is 22.3 Å². The number of amides is 1. The first-order valence-electron chi connectivity index (χ1n) is 7.01. The van der Waals surface area contributed by atoms with Crippen molar-refractivity contribution in [2.45, 2.75) is 55.9 Å². The second-order valence-corrected chi connectivity index (χ2v) is 8.52. The molecule has 0 aliphatic heterocycles. The molecule has 2 unspecified atom stereocenters. The van der Waals surface area contributed by atoms with Crippen LogP contribution >= 0.6 is 15.9 Å². The van der Waals surface area contributed by atoms with Gasteiger partial charge in [0, 0.05) is 4.32 Å². The summed E-state index contributed by atoms with van der Waals surface area (Å²) in [5.41, 5.74) is 4.80. The summed E-state index contributed by atoms with van der Waals surface area (Å²) in [7, 11) is 0. The van der Waals surface area contributed by atoms with Gasteiger partial charge < -0.3 is 10.5 Å². The van der Waals surface area contributed by atoms with Crippen molar-refractivity contribution in [3.8, 4) is 0 Å². The Morgan fingerprint density at radius 2 is 1.84 bits per heavy atom. The van der Waals surface area contributed by atoms with Crippen molar-refractivity contribution in [1.29, 1.82) is 0 Å². The van der Waals surface area contributed by atoms with Crippen LogP contribution in [0.1, 0.15) is 45.4 Å². The predicted octanol–water partition coefficient (Wildman–Crippen LogP) is 2.14. The van der Waals surface area contributed by atoms with E-state index in [-0.39, 0.29) is 15.7 Å². The molecule has 0 aromatic heterocycles. The molecule has 0 spiro atoms. The number of alkyl halides is 1. The molecule has 2 N–H and O–H groups in total. The smallest absolute Gasteiger partial charge is 0.312 e. The third-order valence-electron chi connectivity index (χ3n) is 5.11. The van der Waals surface area contributed by atoms with E-state index < -0.39 is 12.0 Å². The van der Waals surface area contributed by atoms with Crippen LogP contribution in [-0.2, 0) is 14.3 Å². The molecule has 19 heavy (non-hydrogen) atoms. The van der Waals surface area contributed by atoms with Crippen LogP contribution in [0.25, 0.3) is 0 Å². The highest BCUT2D eigenvalue weighted by molar-refractivity contribution is 9.10. The quantitative estimate of drug-likeness (QED) is 0.637. The number of ether oxygens (including phenoxy) is 1. The third-order valence-corrected chi connectivity index (χ3v) is 6.04. The lowest BCUT2D eigenvalue weighted by atomic mass is 9.49. The van der Waals surface area contributed by atoms with Gasteiger partial charge in [-0.3, -0.25) is 9.59 Å². The lowest BCUT2D eigenvalue weighted by Crippen LogP contribution is -2.56. The lowest BCUT2D eigenvalue weighted by molar-refractivity contribution is -0.176. The van der Waals surface area contributed by atoms with Gasteiger partial charge in [0.15, 0.2) is 6.10 Å². The molecule has 1 amide bonds. The third kappa shape index (κ3) is 2.20. The number of hydrogen-bond acceptors (Lipinski definition) is 3. The molecule has 4 nitrogen and oxygen atoms in total. The Hall–Kier alpha value is -0.580. The standard InChI is InChI=1S/C14H20BrNO3/c1-8(11(16)17)19-12(18)13-3-9-2-10(4-13)6-14(15,5-9)7-13/h8-10H,2-7H2,1H3,(H2,16,17)/t8-,9-,10+,13?,14?/m0/s1. The van der Waals surface area contributed by atoms with Crippen LogP contribution in [0.5, 0.6) is 0 Å². The molecule has 5 heteroatoms. The van der Waals surface area contributed by atoms with Gasteiger partial charge >= 0.3 is 5.97 Å². The second-order valence-electron chi connectivity index (χ2n) is 6.84. The Morgan fingerprint density at radius 3 is 2.32 bits per heavy atom. The first-order chi connectivity index (χ1) is 8.82. The molecule has 0 heterocycles. The molecule has 106 valence electrons. The molecule has 4 fully saturated rings. The highest BCUT2D eigenvalue weighted by atomic mass is 79.9. The van der Waals surface area contributed by atoms with Crippen molar-refractivity contribution >= 4 is 27.8 Å². The van der Waals surface area contributed by atoms with Crippen molar-refractivity contribution in [2.24, 2.45) is 23.0 Å². The van der Waals surface area contributed by atoms with E-state index in [1.807, 2.05) is 0 Å². The van der Waals surface area contributed by atoms with Gasteiger partial charge in [-0.1, -0.05) is 15.9 Å². The van der Waals surface area contributed by atoms with Crippen molar-refractivity contribution in [3.63, 3.8) is 0 Å². The van der Waals surface area contributed by atoms with E-state index in [4.69, 9.17) is 10.5 Å². The number of rotatable bonds is 3. The number of esters is 1. The van der Waals surface area contributed by atoms with E-state index in [0.29, 0.717) is 11.8 Å². The van der Waals surface area contributed by atoms with Crippen LogP contribution in [0.4, 0.5) is 0 Å². The minimum absolute atomic E-state index is 0.117. The number of carbonyl (C=O) groups excluding carboxylic acids is 2. The Morgan fingerprint density at radius 1 is 1.26 bits per heavy atom. The summed E-state index contributed by atoms with van der Waals surface area (Å²) in [6, 6.07) is 0. The molecule has 4 saturated carbocycles. The fraction of sp³-hybridized carbons (Fsp3) is 0.857. The maximum Gasteiger partial charge on any atom is 0.312 e. The highest BCUT2D eigenvalue weighted by Gasteiger charge is 2.60. The largest absolute Gasteiger partial charge is 0.452 e. The number of carbonyl (C=O) groups is 2. The van der Waals surface area contributed by atoms with E-state index in [9.17, 15) is 9.59 Å². The van der Waals surface area contributed by atoms with Gasteiger partial charge in [-0.2, -0.15) is 0 Å². The predicted molar refractivity (Wildman–Crippen MR) is 73.5 cm³/mol. The molecule has 4 rings (SSSR count). The van der Waals surface area contributed by atoms with Crippen LogP contribution < -0.4 is 5.73 Å². The summed E-state index contributed by atoms with van der Waals surface area (Å²) in [6.07, 6.45) is 5.44. The highest BCUT2D eigenvalue weighted by Crippen LogP contribution is 2.64. The number of nitrogens with two attached hydrogens (primary N) is 1. The van der Waals surface area contributed by atoms with Crippen molar-refractivity contribution in [1.82, 2.24) is 0 Å². The van der Waals surface area contributed by atoms with Crippen LogP contribution in [0, 0.1) is 17.3 Å².